The maximum absolute atomic E-state index is 11.1. The van der Waals surface area contributed by atoms with E-state index in [-0.39, 0.29) is 24.3 Å². The van der Waals surface area contributed by atoms with Crippen molar-refractivity contribution in [3.05, 3.63) is 0 Å². The molecule has 0 unspecified atom stereocenters. The van der Waals surface area contributed by atoms with Crippen LogP contribution in [0.4, 0.5) is 0 Å². The van der Waals surface area contributed by atoms with Gasteiger partial charge < -0.3 is 10.4 Å². The molecular weight excluding hydrogens is 178 g/mol. The number of rotatable bonds is 6. The van der Waals surface area contributed by atoms with Crippen molar-refractivity contribution in [3.8, 4) is 0 Å². The van der Waals surface area contributed by atoms with Gasteiger partial charge in [-0.1, -0.05) is 27.7 Å². The van der Waals surface area contributed by atoms with Crippen molar-refractivity contribution in [3.63, 3.8) is 0 Å². The quantitative estimate of drug-likeness (QED) is 0.685. The summed E-state index contributed by atoms with van der Waals surface area (Å²) in [7, 11) is 0. The van der Waals surface area contributed by atoms with Gasteiger partial charge in [0.15, 0.2) is 0 Å². The molecule has 0 bridgehead atoms. The van der Waals surface area contributed by atoms with Gasteiger partial charge in [-0.15, -0.1) is 0 Å². The Hall–Kier alpha value is -0.570. The highest BCUT2D eigenvalue weighted by Gasteiger charge is 2.19. The number of aliphatic hydroxyl groups excluding tert-OH is 1. The molecule has 0 aromatic carbocycles. The molecule has 0 aliphatic heterocycles. The molecule has 0 fully saturated rings. The molecule has 0 aliphatic carbocycles. The Morgan fingerprint density at radius 3 is 2.43 bits per heavy atom. The summed E-state index contributed by atoms with van der Waals surface area (Å²) in [4.78, 5) is 11.1. The van der Waals surface area contributed by atoms with Crippen LogP contribution in [0.5, 0.6) is 0 Å². The van der Waals surface area contributed by atoms with Gasteiger partial charge in [-0.25, -0.2) is 0 Å². The predicted octanol–water partition coefficient (Wildman–Crippen LogP) is 1.56. The van der Waals surface area contributed by atoms with Gasteiger partial charge >= 0.3 is 0 Å². The summed E-state index contributed by atoms with van der Waals surface area (Å²) < 4.78 is 0. The van der Waals surface area contributed by atoms with Gasteiger partial charge in [0.1, 0.15) is 0 Å². The Balaban J connectivity index is 3.80. The van der Waals surface area contributed by atoms with Crippen LogP contribution in [-0.2, 0) is 4.79 Å². The fourth-order valence-corrected chi connectivity index (χ4v) is 1.71. The van der Waals surface area contributed by atoms with Crippen molar-refractivity contribution in [2.75, 3.05) is 13.2 Å². The maximum Gasteiger partial charge on any atom is 0.222 e. The van der Waals surface area contributed by atoms with Crippen LogP contribution in [0.15, 0.2) is 0 Å². The van der Waals surface area contributed by atoms with Crippen LogP contribution in [0.25, 0.3) is 0 Å². The summed E-state index contributed by atoms with van der Waals surface area (Å²) in [5.74, 6) is 0.573. The number of aliphatic hydroxyl groups is 1. The van der Waals surface area contributed by atoms with Crippen molar-refractivity contribution >= 4 is 5.91 Å². The topological polar surface area (TPSA) is 49.3 Å². The normalized spacial score (nSPS) is 11.9. The minimum absolute atomic E-state index is 0.0654. The zero-order chi connectivity index (χ0) is 11.2. The van der Waals surface area contributed by atoms with E-state index in [0.717, 1.165) is 6.42 Å². The van der Waals surface area contributed by atoms with Crippen molar-refractivity contribution in [1.82, 2.24) is 5.32 Å². The first-order valence-corrected chi connectivity index (χ1v) is 5.25. The van der Waals surface area contributed by atoms with Gasteiger partial charge in [-0.2, -0.15) is 0 Å². The Morgan fingerprint density at radius 1 is 1.43 bits per heavy atom. The van der Waals surface area contributed by atoms with E-state index >= 15 is 0 Å². The van der Waals surface area contributed by atoms with E-state index in [9.17, 15) is 4.79 Å². The SMILES string of the molecule is CC(C)CC(C)(C)CNC(=O)CCO. The number of hydrogen-bond donors (Lipinski definition) is 2. The third kappa shape index (κ3) is 6.89. The summed E-state index contributed by atoms with van der Waals surface area (Å²) in [6.45, 7) is 9.26. The summed E-state index contributed by atoms with van der Waals surface area (Å²) >= 11 is 0. The minimum atomic E-state index is -0.0730. The van der Waals surface area contributed by atoms with Crippen LogP contribution in [0.2, 0.25) is 0 Å². The summed E-state index contributed by atoms with van der Waals surface area (Å²) in [5, 5.41) is 11.4. The van der Waals surface area contributed by atoms with Crippen LogP contribution >= 0.6 is 0 Å². The number of nitrogens with one attached hydrogen (secondary N) is 1. The van der Waals surface area contributed by atoms with E-state index in [1.807, 2.05) is 0 Å². The largest absolute Gasteiger partial charge is 0.396 e. The van der Waals surface area contributed by atoms with Crippen molar-refractivity contribution in [2.24, 2.45) is 11.3 Å². The van der Waals surface area contributed by atoms with E-state index < -0.39 is 0 Å². The lowest BCUT2D eigenvalue weighted by Gasteiger charge is -2.26. The average Bonchev–Trinajstić information content (AvgIpc) is 1.99. The molecule has 0 radical (unpaired) electrons. The predicted molar refractivity (Wildman–Crippen MR) is 57.9 cm³/mol. The molecule has 0 saturated carbocycles. The average molecular weight is 201 g/mol. The molecule has 3 nitrogen and oxygen atoms in total. The fraction of sp³-hybridized carbons (Fsp3) is 0.909. The van der Waals surface area contributed by atoms with Crippen LogP contribution < -0.4 is 5.32 Å². The van der Waals surface area contributed by atoms with E-state index in [0.29, 0.717) is 12.5 Å². The molecule has 0 atom stereocenters. The summed E-state index contributed by atoms with van der Waals surface area (Å²) in [6, 6.07) is 0. The van der Waals surface area contributed by atoms with Crippen molar-refractivity contribution < 1.29 is 9.90 Å². The molecule has 0 aromatic rings. The molecule has 14 heavy (non-hydrogen) atoms. The third-order valence-electron chi connectivity index (χ3n) is 2.06. The van der Waals surface area contributed by atoms with Gasteiger partial charge in [-0.3, -0.25) is 4.79 Å². The molecule has 1 amide bonds. The zero-order valence-corrected chi connectivity index (χ0v) is 9.76. The molecule has 0 aromatic heterocycles. The number of hydrogen-bond acceptors (Lipinski definition) is 2. The molecule has 0 rings (SSSR count). The lowest BCUT2D eigenvalue weighted by Crippen LogP contribution is -2.35. The standard InChI is InChI=1S/C11H23NO2/c1-9(2)7-11(3,4)8-12-10(14)5-6-13/h9,13H,5-8H2,1-4H3,(H,12,14). The van der Waals surface area contributed by atoms with Crippen LogP contribution in [0.1, 0.15) is 40.5 Å². The second-order valence-corrected chi connectivity index (χ2v) is 5.01. The van der Waals surface area contributed by atoms with Crippen LogP contribution in [-0.4, -0.2) is 24.2 Å². The zero-order valence-electron chi connectivity index (χ0n) is 9.76. The maximum atomic E-state index is 11.1. The first-order valence-electron chi connectivity index (χ1n) is 5.25. The molecule has 2 N–H and O–H groups in total. The second kappa shape index (κ2) is 6.02. The lowest BCUT2D eigenvalue weighted by molar-refractivity contribution is -0.122. The van der Waals surface area contributed by atoms with E-state index in [2.05, 4.69) is 33.0 Å². The molecule has 3 heteroatoms. The number of carbonyl (C=O) groups is 1. The molecule has 0 spiro atoms. The Morgan fingerprint density at radius 2 is 2.00 bits per heavy atom. The highest BCUT2D eigenvalue weighted by atomic mass is 16.3. The van der Waals surface area contributed by atoms with E-state index in [1.165, 1.54) is 0 Å². The minimum Gasteiger partial charge on any atom is -0.396 e. The fourth-order valence-electron chi connectivity index (χ4n) is 1.71. The van der Waals surface area contributed by atoms with Crippen LogP contribution in [0, 0.1) is 11.3 Å². The number of amides is 1. The summed E-state index contributed by atoms with van der Waals surface area (Å²) in [6.07, 6.45) is 1.30. The van der Waals surface area contributed by atoms with Gasteiger partial charge in [0.2, 0.25) is 5.91 Å². The van der Waals surface area contributed by atoms with E-state index in [1.54, 1.807) is 0 Å². The highest BCUT2D eigenvalue weighted by molar-refractivity contribution is 5.75. The van der Waals surface area contributed by atoms with Gasteiger partial charge in [0.05, 0.1) is 6.61 Å². The summed E-state index contributed by atoms with van der Waals surface area (Å²) in [5.41, 5.74) is 0.138. The Labute approximate surface area is 86.9 Å². The second-order valence-electron chi connectivity index (χ2n) is 5.01. The van der Waals surface area contributed by atoms with Crippen molar-refractivity contribution in [2.45, 2.75) is 40.5 Å². The highest BCUT2D eigenvalue weighted by Crippen LogP contribution is 2.23. The number of carbonyl (C=O) groups excluding carboxylic acids is 1. The van der Waals surface area contributed by atoms with Crippen LogP contribution in [0.3, 0.4) is 0 Å². The van der Waals surface area contributed by atoms with Gasteiger partial charge in [0.25, 0.3) is 0 Å². The van der Waals surface area contributed by atoms with Gasteiger partial charge in [0, 0.05) is 13.0 Å². The Bertz CT molecular complexity index is 176. The Kier molecular flexibility index (Phi) is 5.77. The first kappa shape index (κ1) is 13.4. The van der Waals surface area contributed by atoms with Gasteiger partial charge in [-0.05, 0) is 17.8 Å². The monoisotopic (exact) mass is 201 g/mol. The molecule has 0 heterocycles. The third-order valence-corrected chi connectivity index (χ3v) is 2.06. The molecule has 0 aliphatic rings. The smallest absolute Gasteiger partial charge is 0.222 e. The molecule has 84 valence electrons. The lowest BCUT2D eigenvalue weighted by atomic mass is 9.84. The van der Waals surface area contributed by atoms with E-state index in [4.69, 9.17) is 5.11 Å². The molecular formula is C11H23NO2. The van der Waals surface area contributed by atoms with Crippen molar-refractivity contribution in [1.29, 1.82) is 0 Å². The molecule has 0 saturated heterocycles. The first-order chi connectivity index (χ1) is 6.37.